The Bertz CT molecular complexity index is 1230. The second-order valence-electron chi connectivity index (χ2n) is 6.56. The zero-order valence-electron chi connectivity index (χ0n) is 14.5. The van der Waals surface area contributed by atoms with Gasteiger partial charge in [0.1, 0.15) is 22.7 Å². The standard InChI is InChI=1S/C18H14ClFN8/c19-11-7-8(20)1-4-10(11)13-14-16(27-18(22)26-13)28(9-2-3-9)15(25-14)12-5-6-23-17(21)24-12/h1,4-7,9H,2-3H2,(H2,21,23,24)(H2,22,26,27). The fraction of sp³-hybridized carbons (Fsp3) is 0.167. The lowest BCUT2D eigenvalue weighted by atomic mass is 10.1. The molecule has 1 saturated carbocycles. The maximum Gasteiger partial charge on any atom is 0.222 e. The van der Waals surface area contributed by atoms with Crippen LogP contribution in [0.1, 0.15) is 18.9 Å². The molecule has 1 fully saturated rings. The Labute approximate surface area is 163 Å². The highest BCUT2D eigenvalue weighted by atomic mass is 35.5. The highest BCUT2D eigenvalue weighted by Crippen LogP contribution is 2.42. The first-order valence-corrected chi connectivity index (χ1v) is 8.99. The van der Waals surface area contributed by atoms with Crippen LogP contribution in [-0.4, -0.2) is 29.5 Å². The number of anilines is 2. The van der Waals surface area contributed by atoms with Gasteiger partial charge in [0.25, 0.3) is 0 Å². The molecule has 4 N–H and O–H groups in total. The van der Waals surface area contributed by atoms with Crippen LogP contribution in [0.25, 0.3) is 33.9 Å². The van der Waals surface area contributed by atoms with E-state index in [1.807, 2.05) is 4.57 Å². The zero-order valence-corrected chi connectivity index (χ0v) is 15.2. The van der Waals surface area contributed by atoms with E-state index < -0.39 is 5.82 Å². The summed E-state index contributed by atoms with van der Waals surface area (Å²) >= 11 is 6.26. The molecule has 0 aliphatic heterocycles. The van der Waals surface area contributed by atoms with E-state index in [1.165, 1.54) is 12.1 Å². The molecule has 0 radical (unpaired) electrons. The Morgan fingerprint density at radius 2 is 1.86 bits per heavy atom. The van der Waals surface area contributed by atoms with E-state index >= 15 is 0 Å². The Balaban J connectivity index is 1.83. The number of halogens is 2. The fourth-order valence-electron chi connectivity index (χ4n) is 3.22. The van der Waals surface area contributed by atoms with Gasteiger partial charge in [-0.2, -0.15) is 4.98 Å². The van der Waals surface area contributed by atoms with Gasteiger partial charge in [0, 0.05) is 17.8 Å². The number of rotatable bonds is 3. The summed E-state index contributed by atoms with van der Waals surface area (Å²) in [6.45, 7) is 0. The summed E-state index contributed by atoms with van der Waals surface area (Å²) in [5.74, 6) is 0.399. The van der Waals surface area contributed by atoms with Crippen molar-refractivity contribution in [1.82, 2.24) is 29.5 Å². The largest absolute Gasteiger partial charge is 0.368 e. The highest BCUT2D eigenvalue weighted by molar-refractivity contribution is 6.33. The van der Waals surface area contributed by atoms with Gasteiger partial charge in [-0.15, -0.1) is 0 Å². The minimum Gasteiger partial charge on any atom is -0.368 e. The summed E-state index contributed by atoms with van der Waals surface area (Å²) in [6, 6.07) is 6.07. The molecule has 0 saturated heterocycles. The molecular weight excluding hydrogens is 383 g/mol. The number of imidazole rings is 1. The van der Waals surface area contributed by atoms with E-state index in [1.54, 1.807) is 18.3 Å². The maximum absolute atomic E-state index is 13.5. The van der Waals surface area contributed by atoms with Crippen LogP contribution in [0.2, 0.25) is 5.02 Å². The van der Waals surface area contributed by atoms with Crippen molar-refractivity contribution >= 4 is 34.7 Å². The van der Waals surface area contributed by atoms with Gasteiger partial charge in [0.15, 0.2) is 11.5 Å². The third kappa shape index (κ3) is 2.71. The maximum atomic E-state index is 13.5. The monoisotopic (exact) mass is 396 g/mol. The quantitative estimate of drug-likeness (QED) is 0.545. The first-order valence-electron chi connectivity index (χ1n) is 8.61. The van der Waals surface area contributed by atoms with Crippen molar-refractivity contribution in [3.63, 3.8) is 0 Å². The Kier molecular flexibility index (Phi) is 3.66. The van der Waals surface area contributed by atoms with E-state index in [0.29, 0.717) is 33.9 Å². The number of hydrogen-bond acceptors (Lipinski definition) is 7. The number of nitrogens with zero attached hydrogens (tertiary/aromatic N) is 6. The van der Waals surface area contributed by atoms with Crippen molar-refractivity contribution in [3.05, 3.63) is 41.3 Å². The van der Waals surface area contributed by atoms with Crippen LogP contribution >= 0.6 is 11.6 Å². The van der Waals surface area contributed by atoms with Crippen molar-refractivity contribution < 1.29 is 4.39 Å². The van der Waals surface area contributed by atoms with Crippen molar-refractivity contribution in [2.45, 2.75) is 18.9 Å². The lowest BCUT2D eigenvalue weighted by Crippen LogP contribution is -2.04. The Morgan fingerprint density at radius 1 is 1.04 bits per heavy atom. The summed E-state index contributed by atoms with van der Waals surface area (Å²) in [4.78, 5) is 21.7. The molecule has 5 rings (SSSR count). The summed E-state index contributed by atoms with van der Waals surface area (Å²) < 4.78 is 15.5. The van der Waals surface area contributed by atoms with Crippen LogP contribution in [0.15, 0.2) is 30.5 Å². The van der Waals surface area contributed by atoms with Gasteiger partial charge in [0.2, 0.25) is 11.9 Å². The second-order valence-corrected chi connectivity index (χ2v) is 6.97. The predicted octanol–water partition coefficient (Wildman–Crippen LogP) is 3.24. The molecule has 1 aromatic carbocycles. The SMILES string of the molecule is Nc1nccc(-c2nc3c(-c4ccc(F)cc4Cl)nc(N)nc3n2C2CC2)n1. The number of benzene rings is 1. The number of hydrogen-bond donors (Lipinski definition) is 2. The smallest absolute Gasteiger partial charge is 0.222 e. The van der Waals surface area contributed by atoms with Gasteiger partial charge in [-0.05, 0) is 37.1 Å². The van der Waals surface area contributed by atoms with Crippen LogP contribution < -0.4 is 11.5 Å². The normalized spacial score (nSPS) is 13.9. The molecule has 0 atom stereocenters. The molecule has 0 unspecified atom stereocenters. The average Bonchev–Trinajstić information content (AvgIpc) is 3.41. The molecule has 1 aliphatic carbocycles. The van der Waals surface area contributed by atoms with Gasteiger partial charge < -0.3 is 16.0 Å². The molecular formula is C18H14ClFN8. The lowest BCUT2D eigenvalue weighted by Gasteiger charge is -2.08. The average molecular weight is 397 g/mol. The molecule has 1 aliphatic rings. The van der Waals surface area contributed by atoms with Crippen molar-refractivity contribution in [3.8, 4) is 22.8 Å². The molecule has 3 heterocycles. The van der Waals surface area contributed by atoms with Crippen LogP contribution in [0.3, 0.4) is 0 Å². The van der Waals surface area contributed by atoms with Crippen molar-refractivity contribution in [2.24, 2.45) is 0 Å². The third-order valence-electron chi connectivity index (χ3n) is 4.56. The Hall–Kier alpha value is -3.33. The van der Waals surface area contributed by atoms with Crippen molar-refractivity contribution in [2.75, 3.05) is 11.5 Å². The number of aromatic nitrogens is 6. The zero-order chi connectivity index (χ0) is 19.4. The topological polar surface area (TPSA) is 121 Å². The number of nitrogens with two attached hydrogens (primary N) is 2. The first-order chi connectivity index (χ1) is 13.5. The van der Waals surface area contributed by atoms with E-state index in [-0.39, 0.29) is 23.0 Å². The molecule has 10 heteroatoms. The second kappa shape index (κ2) is 6.10. The predicted molar refractivity (Wildman–Crippen MR) is 104 cm³/mol. The van der Waals surface area contributed by atoms with E-state index in [9.17, 15) is 4.39 Å². The van der Waals surface area contributed by atoms with Crippen LogP contribution in [-0.2, 0) is 0 Å². The number of nitrogen functional groups attached to an aromatic ring is 2. The van der Waals surface area contributed by atoms with E-state index in [2.05, 4.69) is 19.9 Å². The molecule has 0 bridgehead atoms. The fourth-order valence-corrected chi connectivity index (χ4v) is 3.47. The molecule has 4 aromatic rings. The summed E-state index contributed by atoms with van der Waals surface area (Å²) in [7, 11) is 0. The van der Waals surface area contributed by atoms with Gasteiger partial charge in [-0.25, -0.2) is 24.3 Å². The number of fused-ring (bicyclic) bond motifs is 1. The van der Waals surface area contributed by atoms with Crippen LogP contribution in [0.4, 0.5) is 16.3 Å². The first kappa shape index (κ1) is 16.8. The molecule has 28 heavy (non-hydrogen) atoms. The summed E-state index contributed by atoms with van der Waals surface area (Å²) in [6.07, 6.45) is 3.57. The van der Waals surface area contributed by atoms with Crippen molar-refractivity contribution in [1.29, 1.82) is 0 Å². The molecule has 0 amide bonds. The van der Waals surface area contributed by atoms with Crippen LogP contribution in [0, 0.1) is 5.82 Å². The minimum absolute atomic E-state index is 0.0819. The molecule has 0 spiro atoms. The van der Waals surface area contributed by atoms with E-state index in [0.717, 1.165) is 12.8 Å². The molecule has 140 valence electrons. The minimum atomic E-state index is -0.437. The molecule has 8 nitrogen and oxygen atoms in total. The molecule has 3 aromatic heterocycles. The van der Waals surface area contributed by atoms with Crippen LogP contribution in [0.5, 0.6) is 0 Å². The van der Waals surface area contributed by atoms with Gasteiger partial charge in [0.05, 0.1) is 5.02 Å². The van der Waals surface area contributed by atoms with E-state index in [4.69, 9.17) is 28.1 Å². The van der Waals surface area contributed by atoms with Gasteiger partial charge in [-0.3, -0.25) is 0 Å². The third-order valence-corrected chi connectivity index (χ3v) is 4.87. The van der Waals surface area contributed by atoms with Gasteiger partial charge in [-0.1, -0.05) is 11.6 Å². The lowest BCUT2D eigenvalue weighted by molar-refractivity contribution is 0.628. The summed E-state index contributed by atoms with van der Waals surface area (Å²) in [5, 5.41) is 0.216. The Morgan fingerprint density at radius 3 is 2.57 bits per heavy atom. The highest BCUT2D eigenvalue weighted by Gasteiger charge is 2.31. The van der Waals surface area contributed by atoms with Gasteiger partial charge >= 0.3 is 0 Å². The summed E-state index contributed by atoms with van der Waals surface area (Å²) in [5.41, 5.74) is 14.4.